The van der Waals surface area contributed by atoms with Gasteiger partial charge in [-0.25, -0.2) is 9.97 Å². The molecule has 4 nitrogen and oxygen atoms in total. The third-order valence-corrected chi connectivity index (χ3v) is 3.19. The van der Waals surface area contributed by atoms with Gasteiger partial charge in [-0.1, -0.05) is 6.92 Å². The van der Waals surface area contributed by atoms with Gasteiger partial charge in [-0.05, 0) is 26.2 Å². The highest BCUT2D eigenvalue weighted by molar-refractivity contribution is 5.48. The summed E-state index contributed by atoms with van der Waals surface area (Å²) >= 11 is 0. The smallest absolute Gasteiger partial charge is 0.134 e. The lowest BCUT2D eigenvalue weighted by Gasteiger charge is -2.34. The lowest BCUT2D eigenvalue weighted by atomic mass is 10.0. The fourth-order valence-corrected chi connectivity index (χ4v) is 2.25. The standard InChI is InChI=1S/C12H20N4/c1-3-11-14-10(13)8-12(15-11)16-7-5-4-6-9(16)2/h8-9H,3-7H2,1-2H3,(H2,13,14,15). The first-order chi connectivity index (χ1) is 7.70. The lowest BCUT2D eigenvalue weighted by Crippen LogP contribution is -2.38. The molecule has 88 valence electrons. The van der Waals surface area contributed by atoms with Gasteiger partial charge < -0.3 is 10.6 Å². The molecule has 0 radical (unpaired) electrons. The first-order valence-corrected chi connectivity index (χ1v) is 6.10. The van der Waals surface area contributed by atoms with Crippen molar-refractivity contribution in [1.29, 1.82) is 0 Å². The SMILES string of the molecule is CCc1nc(N)cc(N2CCCCC2C)n1. The molecule has 2 rings (SSSR count). The summed E-state index contributed by atoms with van der Waals surface area (Å²) in [5, 5.41) is 0. The Morgan fingerprint density at radius 2 is 2.25 bits per heavy atom. The molecule has 1 aromatic heterocycles. The van der Waals surface area contributed by atoms with Crippen molar-refractivity contribution in [2.24, 2.45) is 0 Å². The molecule has 16 heavy (non-hydrogen) atoms. The molecule has 1 aromatic rings. The molecule has 1 saturated heterocycles. The molecule has 1 fully saturated rings. The van der Waals surface area contributed by atoms with Crippen LogP contribution in [0.1, 0.15) is 38.9 Å². The van der Waals surface area contributed by atoms with Crippen LogP contribution < -0.4 is 10.6 Å². The van der Waals surface area contributed by atoms with Crippen LogP contribution in [0.4, 0.5) is 11.6 Å². The van der Waals surface area contributed by atoms with Crippen LogP contribution in [-0.4, -0.2) is 22.6 Å². The predicted octanol–water partition coefficient (Wildman–Crippen LogP) is 2.00. The zero-order chi connectivity index (χ0) is 11.5. The molecule has 1 aliphatic heterocycles. The number of nitrogens with zero attached hydrogens (tertiary/aromatic N) is 3. The fraction of sp³-hybridized carbons (Fsp3) is 0.667. The van der Waals surface area contributed by atoms with E-state index in [-0.39, 0.29) is 0 Å². The van der Waals surface area contributed by atoms with E-state index in [0.717, 1.165) is 24.6 Å². The van der Waals surface area contributed by atoms with Crippen LogP contribution in [0, 0.1) is 0 Å². The van der Waals surface area contributed by atoms with Crippen molar-refractivity contribution in [1.82, 2.24) is 9.97 Å². The van der Waals surface area contributed by atoms with Crippen LogP contribution in [0.25, 0.3) is 0 Å². The summed E-state index contributed by atoms with van der Waals surface area (Å²) in [6.07, 6.45) is 4.64. The van der Waals surface area contributed by atoms with Crippen LogP contribution in [0.15, 0.2) is 6.07 Å². The number of rotatable bonds is 2. The average Bonchev–Trinajstić information content (AvgIpc) is 2.28. The van der Waals surface area contributed by atoms with Crippen LogP contribution >= 0.6 is 0 Å². The molecule has 0 saturated carbocycles. The van der Waals surface area contributed by atoms with Gasteiger partial charge in [-0.2, -0.15) is 0 Å². The van der Waals surface area contributed by atoms with E-state index >= 15 is 0 Å². The van der Waals surface area contributed by atoms with Crippen molar-refractivity contribution in [2.45, 2.75) is 45.6 Å². The van der Waals surface area contributed by atoms with Crippen LogP contribution in [0.2, 0.25) is 0 Å². The summed E-state index contributed by atoms with van der Waals surface area (Å²) < 4.78 is 0. The van der Waals surface area contributed by atoms with E-state index in [1.54, 1.807) is 0 Å². The Hall–Kier alpha value is -1.32. The molecular weight excluding hydrogens is 200 g/mol. The van der Waals surface area contributed by atoms with Crippen molar-refractivity contribution < 1.29 is 0 Å². The zero-order valence-corrected chi connectivity index (χ0v) is 10.1. The van der Waals surface area contributed by atoms with Crippen LogP contribution in [0.5, 0.6) is 0 Å². The second kappa shape index (κ2) is 4.68. The topological polar surface area (TPSA) is 55.0 Å². The maximum Gasteiger partial charge on any atom is 0.134 e. The second-order valence-electron chi connectivity index (χ2n) is 4.46. The highest BCUT2D eigenvalue weighted by atomic mass is 15.2. The molecule has 2 N–H and O–H groups in total. The van der Waals surface area contributed by atoms with Gasteiger partial charge in [0.05, 0.1) is 0 Å². The summed E-state index contributed by atoms with van der Waals surface area (Å²) in [6, 6.07) is 2.45. The third-order valence-electron chi connectivity index (χ3n) is 3.19. The Labute approximate surface area is 96.9 Å². The first kappa shape index (κ1) is 11.2. The molecule has 0 aromatic carbocycles. The highest BCUT2D eigenvalue weighted by Crippen LogP contribution is 2.23. The Balaban J connectivity index is 2.27. The number of aromatic nitrogens is 2. The number of hydrogen-bond donors (Lipinski definition) is 1. The van der Waals surface area contributed by atoms with Crippen LogP contribution in [0.3, 0.4) is 0 Å². The number of nitrogen functional groups attached to an aromatic ring is 1. The number of piperidine rings is 1. The third kappa shape index (κ3) is 2.26. The molecule has 1 atom stereocenters. The van der Waals surface area contributed by atoms with E-state index in [0.29, 0.717) is 11.9 Å². The Bertz CT molecular complexity index is 364. The quantitative estimate of drug-likeness (QED) is 0.828. The van der Waals surface area contributed by atoms with E-state index < -0.39 is 0 Å². The number of anilines is 2. The number of nitrogens with two attached hydrogens (primary N) is 1. The Kier molecular flexibility index (Phi) is 3.27. The summed E-state index contributed by atoms with van der Waals surface area (Å²) in [7, 11) is 0. The number of hydrogen-bond acceptors (Lipinski definition) is 4. The maximum atomic E-state index is 5.81. The molecule has 4 heteroatoms. The van der Waals surface area contributed by atoms with Crippen molar-refractivity contribution in [2.75, 3.05) is 17.2 Å². The molecule has 0 amide bonds. The minimum absolute atomic E-state index is 0.563. The van der Waals surface area contributed by atoms with Crippen molar-refractivity contribution in [3.63, 3.8) is 0 Å². The summed E-state index contributed by atoms with van der Waals surface area (Å²) in [4.78, 5) is 11.1. The predicted molar refractivity (Wildman–Crippen MR) is 66.5 cm³/mol. The minimum Gasteiger partial charge on any atom is -0.384 e. The molecule has 2 heterocycles. The Morgan fingerprint density at radius 1 is 1.44 bits per heavy atom. The lowest BCUT2D eigenvalue weighted by molar-refractivity contribution is 0.480. The molecule has 1 aliphatic rings. The molecule has 0 aliphatic carbocycles. The first-order valence-electron chi connectivity index (χ1n) is 6.10. The maximum absolute atomic E-state index is 5.81. The van der Waals surface area contributed by atoms with Gasteiger partial charge in [0.2, 0.25) is 0 Å². The summed E-state index contributed by atoms with van der Waals surface area (Å²) in [5.41, 5.74) is 5.81. The summed E-state index contributed by atoms with van der Waals surface area (Å²) in [5.74, 6) is 2.42. The highest BCUT2D eigenvalue weighted by Gasteiger charge is 2.20. The average molecular weight is 220 g/mol. The van der Waals surface area contributed by atoms with Gasteiger partial charge in [0, 0.05) is 25.1 Å². The van der Waals surface area contributed by atoms with E-state index in [1.807, 2.05) is 6.07 Å². The number of aryl methyl sites for hydroxylation is 1. The van der Waals surface area contributed by atoms with Crippen molar-refractivity contribution >= 4 is 11.6 Å². The van der Waals surface area contributed by atoms with Gasteiger partial charge in [-0.3, -0.25) is 0 Å². The van der Waals surface area contributed by atoms with E-state index in [9.17, 15) is 0 Å². The van der Waals surface area contributed by atoms with E-state index in [4.69, 9.17) is 5.73 Å². The van der Waals surface area contributed by atoms with E-state index in [2.05, 4.69) is 28.7 Å². The van der Waals surface area contributed by atoms with Crippen LogP contribution in [-0.2, 0) is 6.42 Å². The minimum atomic E-state index is 0.563. The van der Waals surface area contributed by atoms with Gasteiger partial charge in [-0.15, -0.1) is 0 Å². The molecule has 0 spiro atoms. The molecular formula is C12H20N4. The molecule has 0 bridgehead atoms. The zero-order valence-electron chi connectivity index (χ0n) is 10.1. The summed E-state index contributed by atoms with van der Waals surface area (Å²) in [6.45, 7) is 5.39. The van der Waals surface area contributed by atoms with Crippen molar-refractivity contribution in [3.8, 4) is 0 Å². The van der Waals surface area contributed by atoms with E-state index in [1.165, 1.54) is 19.3 Å². The van der Waals surface area contributed by atoms with Gasteiger partial charge in [0.25, 0.3) is 0 Å². The second-order valence-corrected chi connectivity index (χ2v) is 4.46. The van der Waals surface area contributed by atoms with Gasteiger partial charge in [0.15, 0.2) is 0 Å². The van der Waals surface area contributed by atoms with Gasteiger partial charge >= 0.3 is 0 Å². The van der Waals surface area contributed by atoms with Gasteiger partial charge in [0.1, 0.15) is 17.5 Å². The fourth-order valence-electron chi connectivity index (χ4n) is 2.25. The largest absolute Gasteiger partial charge is 0.384 e. The van der Waals surface area contributed by atoms with Crippen molar-refractivity contribution in [3.05, 3.63) is 11.9 Å². The normalized spacial score (nSPS) is 21.1. The Morgan fingerprint density at radius 3 is 2.94 bits per heavy atom. The monoisotopic (exact) mass is 220 g/mol. The molecule has 1 unspecified atom stereocenters.